The van der Waals surface area contributed by atoms with Gasteiger partial charge in [-0.25, -0.2) is 0 Å². The molecule has 2 aromatic heterocycles. The minimum absolute atomic E-state index is 0.682. The van der Waals surface area contributed by atoms with Gasteiger partial charge in [0.2, 0.25) is 0 Å². The molecule has 0 saturated carbocycles. The van der Waals surface area contributed by atoms with Crippen molar-refractivity contribution in [2.75, 3.05) is 20.1 Å². The van der Waals surface area contributed by atoms with Crippen LogP contribution in [0.4, 0.5) is 0 Å². The number of nitrogens with zero attached hydrogens (tertiary/aromatic N) is 5. The summed E-state index contributed by atoms with van der Waals surface area (Å²) in [5.41, 5.74) is 0.923. The lowest BCUT2D eigenvalue weighted by molar-refractivity contribution is 0.412. The van der Waals surface area contributed by atoms with Crippen LogP contribution in [0.3, 0.4) is 0 Å². The maximum absolute atomic E-state index is 5.91. The van der Waals surface area contributed by atoms with Gasteiger partial charge in [0.25, 0.3) is 0 Å². The van der Waals surface area contributed by atoms with Crippen molar-refractivity contribution in [1.29, 1.82) is 0 Å². The Balaban J connectivity index is 1.53. The monoisotopic (exact) mass is 354 g/mol. The van der Waals surface area contributed by atoms with Crippen LogP contribution in [0, 0.1) is 0 Å². The van der Waals surface area contributed by atoms with Gasteiger partial charge in [0, 0.05) is 32.1 Å². The fourth-order valence-electron chi connectivity index (χ4n) is 2.82. The molecule has 7 nitrogen and oxygen atoms in total. The summed E-state index contributed by atoms with van der Waals surface area (Å²) < 4.78 is 7.90. The Bertz CT molecular complexity index is 791. The highest BCUT2D eigenvalue weighted by atomic mass is 16.3. The van der Waals surface area contributed by atoms with Crippen LogP contribution in [0.5, 0.6) is 0 Å². The fourth-order valence-corrected chi connectivity index (χ4v) is 2.82. The van der Waals surface area contributed by atoms with Crippen LogP contribution < -0.4 is 5.32 Å². The van der Waals surface area contributed by atoms with Gasteiger partial charge in [-0.3, -0.25) is 4.99 Å². The number of hydrogen-bond acceptors (Lipinski definition) is 4. The third-order valence-electron chi connectivity index (χ3n) is 4.12. The summed E-state index contributed by atoms with van der Waals surface area (Å²) in [6.07, 6.45) is 5.56. The van der Waals surface area contributed by atoms with E-state index in [2.05, 4.69) is 39.5 Å². The molecule has 3 rings (SSSR count). The van der Waals surface area contributed by atoms with E-state index in [0.29, 0.717) is 6.54 Å². The molecule has 0 bridgehead atoms. The first kappa shape index (κ1) is 18.0. The fraction of sp³-hybridized carbons (Fsp3) is 0.421. The van der Waals surface area contributed by atoms with E-state index in [1.807, 2.05) is 29.8 Å². The summed E-state index contributed by atoms with van der Waals surface area (Å²) in [4.78, 5) is 6.83. The maximum Gasteiger partial charge on any atom is 0.194 e. The number of furan rings is 1. The summed E-state index contributed by atoms with van der Waals surface area (Å²) in [5.74, 6) is 1.84. The second-order valence-corrected chi connectivity index (χ2v) is 6.25. The minimum atomic E-state index is 0.682. The topological polar surface area (TPSA) is 71.5 Å². The first-order valence-corrected chi connectivity index (χ1v) is 9.05. The highest BCUT2D eigenvalue weighted by Gasteiger charge is 2.10. The average molecular weight is 354 g/mol. The Labute approximate surface area is 153 Å². The molecule has 0 aliphatic rings. The van der Waals surface area contributed by atoms with Crippen LogP contribution in [-0.2, 0) is 13.1 Å². The van der Waals surface area contributed by atoms with E-state index in [-0.39, 0.29) is 0 Å². The number of aryl methyl sites for hydroxylation is 1. The molecule has 0 aliphatic heterocycles. The number of guanidine groups is 1. The Hall–Kier alpha value is -2.83. The van der Waals surface area contributed by atoms with E-state index in [4.69, 9.17) is 9.41 Å². The van der Waals surface area contributed by atoms with E-state index >= 15 is 0 Å². The third-order valence-corrected chi connectivity index (χ3v) is 4.12. The molecule has 0 unspecified atom stereocenters. The predicted molar refractivity (Wildman–Crippen MR) is 103 cm³/mol. The van der Waals surface area contributed by atoms with Gasteiger partial charge >= 0.3 is 0 Å². The predicted octanol–water partition coefficient (Wildman–Crippen LogP) is 2.90. The highest BCUT2D eigenvalue weighted by molar-refractivity contribution is 5.80. The number of rotatable bonds is 8. The van der Waals surface area contributed by atoms with Crippen molar-refractivity contribution in [3.05, 3.63) is 48.7 Å². The van der Waals surface area contributed by atoms with Gasteiger partial charge in [-0.05, 0) is 31.9 Å². The molecule has 3 aromatic rings. The second-order valence-electron chi connectivity index (χ2n) is 6.25. The molecule has 2 heterocycles. The number of para-hydroxylation sites is 1. The van der Waals surface area contributed by atoms with Crippen LogP contribution in [0.25, 0.3) is 11.0 Å². The van der Waals surface area contributed by atoms with Gasteiger partial charge < -0.3 is 19.2 Å². The van der Waals surface area contributed by atoms with Crippen LogP contribution in [0.15, 0.2) is 52.4 Å². The number of fused-ring (bicyclic) bond motifs is 1. The standard InChI is InChI=1S/C19H26N6O/c1-3-20-19(21-10-6-7-11-25-14-22-23-15-25)24(2)13-17-12-16-8-4-5-9-18(16)26-17/h4-5,8-9,12,14-15H,3,6-7,10-11,13H2,1-2H3,(H,20,21). The lowest BCUT2D eigenvalue weighted by Crippen LogP contribution is -2.38. The zero-order valence-electron chi connectivity index (χ0n) is 15.4. The third kappa shape index (κ3) is 4.84. The van der Waals surface area contributed by atoms with Gasteiger partial charge in [0.15, 0.2) is 5.96 Å². The highest BCUT2D eigenvalue weighted by Crippen LogP contribution is 2.19. The van der Waals surface area contributed by atoms with E-state index in [1.54, 1.807) is 12.7 Å². The van der Waals surface area contributed by atoms with E-state index < -0.39 is 0 Å². The van der Waals surface area contributed by atoms with Crippen molar-refractivity contribution in [2.45, 2.75) is 32.9 Å². The average Bonchev–Trinajstić information content (AvgIpc) is 3.29. The molecule has 0 spiro atoms. The molecular weight excluding hydrogens is 328 g/mol. The smallest absolute Gasteiger partial charge is 0.194 e. The van der Waals surface area contributed by atoms with Crippen molar-refractivity contribution in [1.82, 2.24) is 25.0 Å². The van der Waals surface area contributed by atoms with Crippen molar-refractivity contribution >= 4 is 16.9 Å². The number of aromatic nitrogens is 3. The minimum Gasteiger partial charge on any atom is -0.459 e. The van der Waals surface area contributed by atoms with E-state index in [0.717, 1.165) is 55.2 Å². The molecule has 7 heteroatoms. The number of hydrogen-bond donors (Lipinski definition) is 1. The molecule has 1 N–H and O–H groups in total. The van der Waals surface area contributed by atoms with Crippen molar-refractivity contribution < 1.29 is 4.42 Å². The summed E-state index contributed by atoms with van der Waals surface area (Å²) >= 11 is 0. The van der Waals surface area contributed by atoms with Crippen molar-refractivity contribution in [3.8, 4) is 0 Å². The largest absolute Gasteiger partial charge is 0.459 e. The molecule has 0 aliphatic carbocycles. The number of nitrogens with one attached hydrogen (secondary N) is 1. The first-order chi connectivity index (χ1) is 12.8. The van der Waals surface area contributed by atoms with Gasteiger partial charge in [0.1, 0.15) is 24.0 Å². The molecule has 0 fully saturated rings. The Morgan fingerprint density at radius 1 is 1.23 bits per heavy atom. The van der Waals surface area contributed by atoms with Gasteiger partial charge in [-0.1, -0.05) is 18.2 Å². The molecular formula is C19H26N6O. The number of benzene rings is 1. The number of aliphatic imine (C=N–C) groups is 1. The molecule has 138 valence electrons. The molecule has 0 radical (unpaired) electrons. The zero-order chi connectivity index (χ0) is 18.2. The maximum atomic E-state index is 5.91. The molecule has 1 aromatic carbocycles. The molecule has 0 atom stereocenters. The SMILES string of the molecule is CCNC(=NCCCCn1cnnc1)N(C)Cc1cc2ccccc2o1. The van der Waals surface area contributed by atoms with Crippen LogP contribution >= 0.6 is 0 Å². The summed E-state index contributed by atoms with van der Waals surface area (Å²) in [7, 11) is 2.03. The van der Waals surface area contributed by atoms with Crippen molar-refractivity contribution in [2.24, 2.45) is 4.99 Å². The van der Waals surface area contributed by atoms with E-state index in [9.17, 15) is 0 Å². The van der Waals surface area contributed by atoms with Crippen LogP contribution in [-0.4, -0.2) is 45.8 Å². The van der Waals surface area contributed by atoms with Crippen LogP contribution in [0.2, 0.25) is 0 Å². The first-order valence-electron chi connectivity index (χ1n) is 9.05. The Morgan fingerprint density at radius 2 is 2.04 bits per heavy atom. The summed E-state index contributed by atoms with van der Waals surface area (Å²) in [5, 5.41) is 12.1. The van der Waals surface area contributed by atoms with E-state index in [1.165, 1.54) is 0 Å². The summed E-state index contributed by atoms with van der Waals surface area (Å²) in [6.45, 7) is 5.31. The van der Waals surface area contributed by atoms with Gasteiger partial charge in [-0.15, -0.1) is 10.2 Å². The molecule has 0 saturated heterocycles. The lowest BCUT2D eigenvalue weighted by atomic mass is 10.2. The number of unbranched alkanes of at least 4 members (excludes halogenated alkanes) is 1. The quantitative estimate of drug-likeness (QED) is 0.383. The van der Waals surface area contributed by atoms with Crippen molar-refractivity contribution in [3.63, 3.8) is 0 Å². The normalized spacial score (nSPS) is 11.8. The molecule has 26 heavy (non-hydrogen) atoms. The Kier molecular flexibility index (Phi) is 6.24. The Morgan fingerprint density at radius 3 is 2.81 bits per heavy atom. The van der Waals surface area contributed by atoms with Gasteiger partial charge in [0.05, 0.1) is 6.54 Å². The second kappa shape index (κ2) is 9.03. The summed E-state index contributed by atoms with van der Waals surface area (Å²) in [6, 6.07) is 10.2. The molecule has 0 amide bonds. The zero-order valence-corrected chi connectivity index (χ0v) is 15.4. The lowest BCUT2D eigenvalue weighted by Gasteiger charge is -2.21. The van der Waals surface area contributed by atoms with Crippen LogP contribution in [0.1, 0.15) is 25.5 Å². The van der Waals surface area contributed by atoms with Gasteiger partial charge in [-0.2, -0.15) is 0 Å².